The van der Waals surface area contributed by atoms with Crippen molar-refractivity contribution in [1.82, 2.24) is 24.8 Å². The summed E-state index contributed by atoms with van der Waals surface area (Å²) >= 11 is 0. The lowest BCUT2D eigenvalue weighted by Gasteiger charge is -2.39. The van der Waals surface area contributed by atoms with Crippen LogP contribution in [0.2, 0.25) is 0 Å². The summed E-state index contributed by atoms with van der Waals surface area (Å²) in [5.74, 6) is -2.52. The number of carbonyl (C=O) groups excluding carboxylic acids is 2. The molecule has 20 heteroatoms. The van der Waals surface area contributed by atoms with Crippen molar-refractivity contribution in [3.05, 3.63) is 131 Å². The first-order valence-corrected chi connectivity index (χ1v) is 22.3. The molecule has 1 amide bonds. The van der Waals surface area contributed by atoms with Crippen molar-refractivity contribution in [2.24, 2.45) is 0 Å². The van der Waals surface area contributed by atoms with Crippen molar-refractivity contribution in [2.75, 3.05) is 37.2 Å². The second-order valence-corrected chi connectivity index (χ2v) is 17.8. The number of nitrogens with one attached hydrogen (secondary N) is 1. The normalized spacial score (nSPS) is 14.7. The summed E-state index contributed by atoms with van der Waals surface area (Å²) in [6, 6.07) is 27.6. The number of carboxylic acids is 2. The van der Waals surface area contributed by atoms with Gasteiger partial charge in [-0.15, -0.1) is 0 Å². The summed E-state index contributed by atoms with van der Waals surface area (Å²) in [5, 5.41) is 23.5. The maximum absolute atomic E-state index is 14.8. The molecule has 3 heterocycles. The highest BCUT2D eigenvalue weighted by molar-refractivity contribution is 6.62. The Balaban J connectivity index is 1.07. The van der Waals surface area contributed by atoms with Crippen LogP contribution >= 0.6 is 0 Å². The number of nitrogens with two attached hydrogens (primary N) is 1. The summed E-state index contributed by atoms with van der Waals surface area (Å²) in [7, 11) is 4.31. The number of aliphatic carboxylic acids is 2. The van der Waals surface area contributed by atoms with Gasteiger partial charge in [-0.1, -0.05) is 48.5 Å². The van der Waals surface area contributed by atoms with E-state index in [9.17, 15) is 29.4 Å². The summed E-state index contributed by atoms with van der Waals surface area (Å²) in [5.41, 5.74) is 7.01. The standard InChI is InChI=1S/C50H55BN8O11/c1-48(2)49(3,4)70-51(69-48)35-16-8-33(9-17-35)30-68-47(65)57-44-41-43(55-46(52)56-44)53-26-36(54-41)29-58(5)37-18-14-34(15-19-37)42(62)50(45(63)64,25-24-40(60)61)59(27-31-10-20-38(66-6)21-11-31)28-32-12-22-39(67-7)23-13-32/h8-23,26H,24-25,27-30H2,1-7H3,(H,60,61)(H,63,64)(H3,52,53,55,56,57,65). The first-order valence-electron chi connectivity index (χ1n) is 22.3. The van der Waals surface area contributed by atoms with E-state index in [0.29, 0.717) is 34.0 Å². The molecule has 364 valence electrons. The van der Waals surface area contributed by atoms with Crippen LogP contribution in [0.15, 0.2) is 103 Å². The third-order valence-electron chi connectivity index (χ3n) is 12.6. The number of Topliss-reactive ketones (excluding diaryl/α,β-unsaturated/α-hetero) is 1. The number of fused-ring (bicyclic) bond motifs is 1. The predicted octanol–water partition coefficient (Wildman–Crippen LogP) is 6.28. The highest BCUT2D eigenvalue weighted by Gasteiger charge is 2.52. The fourth-order valence-electron chi connectivity index (χ4n) is 7.87. The molecule has 0 spiro atoms. The molecule has 6 aromatic rings. The Kier molecular flexibility index (Phi) is 15.0. The van der Waals surface area contributed by atoms with Gasteiger partial charge in [0.05, 0.1) is 43.9 Å². The van der Waals surface area contributed by atoms with Gasteiger partial charge in [-0.3, -0.25) is 19.8 Å². The number of ketones is 1. The molecule has 19 nitrogen and oxygen atoms in total. The van der Waals surface area contributed by atoms with Crippen LogP contribution in [-0.4, -0.2) is 104 Å². The van der Waals surface area contributed by atoms with E-state index in [2.05, 4.69) is 20.3 Å². The Morgan fingerprint density at radius 3 is 1.84 bits per heavy atom. The molecule has 1 fully saturated rings. The molecule has 1 unspecified atom stereocenters. The molecular weight excluding hydrogens is 899 g/mol. The maximum atomic E-state index is 14.8. The molecule has 2 aromatic heterocycles. The molecule has 0 radical (unpaired) electrons. The summed E-state index contributed by atoms with van der Waals surface area (Å²) in [6.45, 7) is 8.03. The fourth-order valence-corrected chi connectivity index (χ4v) is 7.87. The van der Waals surface area contributed by atoms with Gasteiger partial charge in [0.15, 0.2) is 28.3 Å². The van der Waals surface area contributed by atoms with Gasteiger partial charge in [-0.2, -0.15) is 9.97 Å². The van der Waals surface area contributed by atoms with Crippen LogP contribution in [0.5, 0.6) is 11.5 Å². The molecule has 4 aromatic carbocycles. The monoisotopic (exact) mass is 954 g/mol. The molecular formula is C50H55BN8O11. The maximum Gasteiger partial charge on any atom is 0.494 e. The number of hydrogen-bond acceptors (Lipinski definition) is 16. The Morgan fingerprint density at radius 2 is 1.31 bits per heavy atom. The molecule has 0 aliphatic carbocycles. The van der Waals surface area contributed by atoms with Gasteiger partial charge in [0.2, 0.25) is 5.95 Å². The van der Waals surface area contributed by atoms with E-state index in [1.807, 2.05) is 56.9 Å². The average molecular weight is 955 g/mol. The molecule has 1 aliphatic rings. The van der Waals surface area contributed by atoms with Crippen LogP contribution in [0, 0.1) is 0 Å². The SMILES string of the molecule is COc1ccc(CN(Cc2ccc(OC)cc2)C(CCC(=O)O)(C(=O)O)C(=O)c2ccc(N(C)Cc3cnc4nc(N)nc(NC(=O)OCc5ccc(B6OC(C)(C)C(C)(C)O6)cc5)c4n3)cc2)cc1. The van der Waals surface area contributed by atoms with Gasteiger partial charge in [0, 0.05) is 37.8 Å². The Morgan fingerprint density at radius 1 is 0.757 bits per heavy atom. The number of benzene rings is 4. The number of methoxy groups -OCH3 is 2. The number of carboxylic acid groups (broad SMARTS) is 2. The van der Waals surface area contributed by atoms with Crippen LogP contribution in [0.4, 0.5) is 22.2 Å². The van der Waals surface area contributed by atoms with Crippen molar-refractivity contribution < 1.29 is 52.9 Å². The zero-order valence-corrected chi connectivity index (χ0v) is 40.0. The minimum atomic E-state index is -2.31. The molecule has 1 aliphatic heterocycles. The zero-order valence-electron chi connectivity index (χ0n) is 40.0. The number of anilines is 3. The molecule has 7 rings (SSSR count). The van der Waals surface area contributed by atoms with Gasteiger partial charge in [0.25, 0.3) is 0 Å². The topological polar surface area (TPSA) is 251 Å². The van der Waals surface area contributed by atoms with Gasteiger partial charge >= 0.3 is 25.2 Å². The molecule has 5 N–H and O–H groups in total. The van der Waals surface area contributed by atoms with Crippen LogP contribution < -0.4 is 30.9 Å². The van der Waals surface area contributed by atoms with Crippen molar-refractivity contribution in [1.29, 1.82) is 0 Å². The third kappa shape index (κ3) is 11.3. The second-order valence-electron chi connectivity index (χ2n) is 17.8. The first-order chi connectivity index (χ1) is 33.3. The third-order valence-corrected chi connectivity index (χ3v) is 12.6. The number of nitrogen functional groups attached to an aromatic ring is 1. The van der Waals surface area contributed by atoms with E-state index in [-0.39, 0.29) is 54.7 Å². The number of ether oxygens (including phenoxy) is 3. The minimum Gasteiger partial charge on any atom is -0.497 e. The minimum absolute atomic E-state index is 0.0127. The lowest BCUT2D eigenvalue weighted by Crippen LogP contribution is -2.59. The van der Waals surface area contributed by atoms with E-state index in [1.54, 1.807) is 67.7 Å². The number of aromatic nitrogens is 4. The van der Waals surface area contributed by atoms with Gasteiger partial charge < -0.3 is 44.4 Å². The predicted molar refractivity (Wildman–Crippen MR) is 261 cm³/mol. The molecule has 70 heavy (non-hydrogen) atoms. The number of hydrogen-bond donors (Lipinski definition) is 4. The van der Waals surface area contributed by atoms with E-state index >= 15 is 0 Å². The first kappa shape index (κ1) is 50.2. The number of nitrogens with zero attached hydrogens (tertiary/aromatic N) is 6. The smallest absolute Gasteiger partial charge is 0.494 e. The number of amides is 1. The molecule has 1 saturated heterocycles. The van der Waals surface area contributed by atoms with Gasteiger partial charge in [-0.25, -0.2) is 19.6 Å². The van der Waals surface area contributed by atoms with Crippen molar-refractivity contribution in [3.8, 4) is 11.5 Å². The van der Waals surface area contributed by atoms with E-state index in [1.165, 1.54) is 37.4 Å². The highest BCUT2D eigenvalue weighted by Crippen LogP contribution is 2.37. The lowest BCUT2D eigenvalue weighted by molar-refractivity contribution is -0.150. The fraction of sp³-hybridized carbons (Fsp3) is 0.320. The number of rotatable bonds is 20. The largest absolute Gasteiger partial charge is 0.497 e. The summed E-state index contributed by atoms with van der Waals surface area (Å²) in [6.07, 6.45) is -0.425. The lowest BCUT2D eigenvalue weighted by atomic mass is 9.79. The van der Waals surface area contributed by atoms with E-state index < -0.39 is 60.5 Å². The van der Waals surface area contributed by atoms with Crippen LogP contribution in [0.25, 0.3) is 11.2 Å². The quantitative estimate of drug-likeness (QED) is 0.0373. The molecule has 1 atom stereocenters. The molecule has 0 bridgehead atoms. The zero-order chi connectivity index (χ0) is 50.4. The Labute approximate surface area is 405 Å². The second kappa shape index (κ2) is 20.9. The van der Waals surface area contributed by atoms with Crippen molar-refractivity contribution in [2.45, 2.75) is 83.5 Å². The molecule has 0 saturated carbocycles. The van der Waals surface area contributed by atoms with E-state index in [4.69, 9.17) is 34.2 Å². The Hall–Kier alpha value is -7.68. The summed E-state index contributed by atoms with van der Waals surface area (Å²) in [4.78, 5) is 74.4. The van der Waals surface area contributed by atoms with Crippen molar-refractivity contribution >= 4 is 65.0 Å². The van der Waals surface area contributed by atoms with Crippen LogP contribution in [-0.2, 0) is 49.9 Å². The van der Waals surface area contributed by atoms with Gasteiger partial charge in [-0.05, 0) is 105 Å². The summed E-state index contributed by atoms with van der Waals surface area (Å²) < 4.78 is 28.4. The van der Waals surface area contributed by atoms with Crippen LogP contribution in [0.1, 0.15) is 73.3 Å². The number of carbonyl (C=O) groups is 4. The van der Waals surface area contributed by atoms with Crippen molar-refractivity contribution in [3.63, 3.8) is 0 Å². The van der Waals surface area contributed by atoms with E-state index in [0.717, 1.165) is 11.0 Å². The van der Waals surface area contributed by atoms with Crippen LogP contribution in [0.3, 0.4) is 0 Å². The Bertz CT molecular complexity index is 2790. The highest BCUT2D eigenvalue weighted by atomic mass is 16.7. The van der Waals surface area contributed by atoms with Gasteiger partial charge in [0.1, 0.15) is 18.1 Å². The average Bonchev–Trinajstić information content (AvgIpc) is 3.56.